The highest BCUT2D eigenvalue weighted by Crippen LogP contribution is 2.47. The molecule has 0 unspecified atom stereocenters. The third-order valence-corrected chi connectivity index (χ3v) is 7.53. The summed E-state index contributed by atoms with van der Waals surface area (Å²) in [6.07, 6.45) is 7.96. The Kier molecular flexibility index (Phi) is 10.0. The zero-order chi connectivity index (χ0) is 26.3. The van der Waals surface area contributed by atoms with Crippen LogP contribution in [0.2, 0.25) is 5.02 Å². The van der Waals surface area contributed by atoms with Crippen molar-refractivity contribution in [3.05, 3.63) is 40.0 Å². The molecule has 194 valence electrons. The van der Waals surface area contributed by atoms with Crippen molar-refractivity contribution in [2.24, 2.45) is 22.4 Å². The number of methoxy groups -OCH3 is 1. The molecule has 1 aromatic carbocycles. The van der Waals surface area contributed by atoms with Gasteiger partial charge in [-0.2, -0.15) is 0 Å². The number of rotatable bonds is 10. The van der Waals surface area contributed by atoms with E-state index in [1.165, 1.54) is 7.11 Å². The Morgan fingerprint density at radius 3 is 2.63 bits per heavy atom. The van der Waals surface area contributed by atoms with E-state index in [4.69, 9.17) is 31.0 Å². The number of aliphatic carboxylic acids is 1. The average molecular weight is 512 g/mol. The number of aromatic hydroxyl groups is 1. The first kappa shape index (κ1) is 28.5. The van der Waals surface area contributed by atoms with E-state index in [0.29, 0.717) is 17.0 Å². The second-order valence-corrected chi connectivity index (χ2v) is 9.52. The molecule has 9 heteroatoms. The molecule has 2 rings (SSSR count). The van der Waals surface area contributed by atoms with Gasteiger partial charge in [-0.05, 0) is 44.4 Å². The Balaban J connectivity index is 2.29. The summed E-state index contributed by atoms with van der Waals surface area (Å²) < 4.78 is 23.4. The number of benzene rings is 1. The number of carboxylic acids is 1. The minimum Gasteiger partial charge on any atom is -0.504 e. The van der Waals surface area contributed by atoms with Gasteiger partial charge in [0.05, 0.1) is 17.8 Å². The van der Waals surface area contributed by atoms with E-state index in [1.807, 2.05) is 19.1 Å². The average Bonchev–Trinajstić information content (AvgIpc) is 2.81. The molecule has 2 N–H and O–H groups in total. The highest BCUT2D eigenvalue weighted by atomic mass is 35.5. The first-order chi connectivity index (χ1) is 16.5. The van der Waals surface area contributed by atoms with Crippen LogP contribution < -0.4 is 9.47 Å². The van der Waals surface area contributed by atoms with Gasteiger partial charge in [-0.15, -0.1) is 0 Å². The van der Waals surface area contributed by atoms with Crippen LogP contribution >= 0.6 is 11.6 Å². The summed E-state index contributed by atoms with van der Waals surface area (Å²) in [6.45, 7) is 8.47. The number of phenols is 1. The Morgan fingerprint density at radius 2 is 2.03 bits per heavy atom. The quantitative estimate of drug-likeness (QED) is 0.285. The summed E-state index contributed by atoms with van der Waals surface area (Å²) in [5, 5.41) is 23.8. The van der Waals surface area contributed by atoms with Crippen molar-refractivity contribution in [2.75, 3.05) is 20.6 Å². The highest BCUT2D eigenvalue weighted by Gasteiger charge is 2.41. The molecule has 0 aliphatic heterocycles. The number of allylic oxidation sites excluding steroid dienone is 4. The van der Waals surface area contributed by atoms with Crippen molar-refractivity contribution in [2.45, 2.75) is 53.9 Å². The maximum absolute atomic E-state index is 13.0. The van der Waals surface area contributed by atoms with Gasteiger partial charge in [0.1, 0.15) is 5.75 Å². The van der Waals surface area contributed by atoms with E-state index in [2.05, 4.69) is 32.0 Å². The van der Waals surface area contributed by atoms with Gasteiger partial charge in [0.25, 0.3) is 0 Å². The van der Waals surface area contributed by atoms with Gasteiger partial charge in [0.2, 0.25) is 13.5 Å². The lowest BCUT2D eigenvalue weighted by atomic mass is 9.61. The predicted octanol–water partition coefficient (Wildman–Crippen LogP) is 6.24. The molecule has 3 atom stereocenters. The van der Waals surface area contributed by atoms with Crippen LogP contribution in [-0.2, 0) is 16.1 Å². The number of alkyl halides is 1. The van der Waals surface area contributed by atoms with Crippen LogP contribution in [0.1, 0.15) is 51.7 Å². The van der Waals surface area contributed by atoms with Crippen molar-refractivity contribution >= 4 is 23.3 Å². The maximum Gasteiger partial charge on any atom is 0.344 e. The number of hydrogen-bond donors (Lipinski definition) is 2. The van der Waals surface area contributed by atoms with Gasteiger partial charge in [-0.25, -0.2) is 9.18 Å². The summed E-state index contributed by atoms with van der Waals surface area (Å²) in [5.41, 5.74) is 2.37. The van der Waals surface area contributed by atoms with Gasteiger partial charge in [0, 0.05) is 17.0 Å². The topological polar surface area (TPSA) is 97.6 Å². The monoisotopic (exact) mass is 511 g/mol. The predicted molar refractivity (Wildman–Crippen MR) is 134 cm³/mol. The third-order valence-electron chi connectivity index (χ3n) is 7.08. The smallest absolute Gasteiger partial charge is 0.344 e. The first-order valence-corrected chi connectivity index (χ1v) is 11.9. The molecule has 0 saturated heterocycles. The SMILES string of the molecule is COc1c(C)c(Cl)c(OCF)c(C/C=C(C)/C=C/[C@@]2(C)[C@H](C)CC/C(=N\OCC(=O)O)[C@@H]2C)c1O. The lowest BCUT2D eigenvalue weighted by Gasteiger charge is -2.43. The molecule has 1 aromatic rings. The second-order valence-electron chi connectivity index (χ2n) is 9.14. The highest BCUT2D eigenvalue weighted by molar-refractivity contribution is 6.33. The van der Waals surface area contributed by atoms with E-state index < -0.39 is 19.4 Å². The van der Waals surface area contributed by atoms with E-state index in [0.717, 1.165) is 24.1 Å². The summed E-state index contributed by atoms with van der Waals surface area (Å²) >= 11 is 6.36. The van der Waals surface area contributed by atoms with Crippen LogP contribution in [0.4, 0.5) is 4.39 Å². The number of nitrogens with zero attached hydrogens (tertiary/aromatic N) is 1. The van der Waals surface area contributed by atoms with Crippen molar-refractivity contribution < 1.29 is 33.7 Å². The molecular weight excluding hydrogens is 477 g/mol. The number of carbonyl (C=O) groups is 1. The third kappa shape index (κ3) is 6.48. The Bertz CT molecular complexity index is 1020. The van der Waals surface area contributed by atoms with Crippen LogP contribution in [0.3, 0.4) is 0 Å². The van der Waals surface area contributed by atoms with Crippen molar-refractivity contribution in [1.29, 1.82) is 0 Å². The number of oxime groups is 1. The lowest BCUT2D eigenvalue weighted by molar-refractivity contribution is -0.142. The molecule has 0 aromatic heterocycles. The lowest BCUT2D eigenvalue weighted by Crippen LogP contribution is -2.40. The summed E-state index contributed by atoms with van der Waals surface area (Å²) in [5.74, 6) is -0.442. The fourth-order valence-corrected chi connectivity index (χ4v) is 4.65. The molecule has 0 radical (unpaired) electrons. The minimum absolute atomic E-state index is 0.0536. The zero-order valence-electron chi connectivity index (χ0n) is 21.2. The maximum atomic E-state index is 13.0. The molecule has 1 saturated carbocycles. The van der Waals surface area contributed by atoms with Gasteiger partial charge in [0.15, 0.2) is 11.5 Å². The number of hydrogen-bond acceptors (Lipinski definition) is 6. The molecule has 1 fully saturated rings. The minimum atomic E-state index is -1.07. The van der Waals surface area contributed by atoms with Crippen molar-refractivity contribution in [1.82, 2.24) is 0 Å². The van der Waals surface area contributed by atoms with Crippen molar-refractivity contribution in [3.8, 4) is 17.2 Å². The first-order valence-electron chi connectivity index (χ1n) is 11.5. The van der Waals surface area contributed by atoms with E-state index in [1.54, 1.807) is 6.92 Å². The fourth-order valence-electron chi connectivity index (χ4n) is 4.39. The standard InChI is InChI=1S/C26H35ClFNO6/c1-15(7-9-19-23(32)24(33-6)17(3)22(27)25(19)34-14-28)11-12-26(5)16(2)8-10-20(18(26)4)29-35-13-21(30)31/h7,11-12,16,18,32H,8-10,13-14H2,1-6H3,(H,30,31)/b12-11+,15-7+,29-20+/t16-,18+,26+/m1/s1. The largest absolute Gasteiger partial charge is 0.504 e. The Morgan fingerprint density at radius 1 is 1.34 bits per heavy atom. The zero-order valence-corrected chi connectivity index (χ0v) is 21.9. The molecule has 0 heterocycles. The number of halogens is 2. The van der Waals surface area contributed by atoms with Crippen molar-refractivity contribution in [3.63, 3.8) is 0 Å². The van der Waals surface area contributed by atoms with Gasteiger partial charge in [-0.1, -0.05) is 61.3 Å². The van der Waals surface area contributed by atoms with E-state index in [9.17, 15) is 14.3 Å². The molecule has 35 heavy (non-hydrogen) atoms. The molecule has 0 spiro atoms. The Hall–Kier alpha value is -2.74. The van der Waals surface area contributed by atoms with Crippen LogP contribution in [0.15, 0.2) is 29.0 Å². The van der Waals surface area contributed by atoms with Gasteiger partial charge < -0.3 is 24.5 Å². The normalized spacial score (nSPS) is 24.1. The van der Waals surface area contributed by atoms with Crippen LogP contribution in [-0.4, -0.2) is 42.5 Å². The van der Waals surface area contributed by atoms with Crippen LogP contribution in [0.25, 0.3) is 0 Å². The summed E-state index contributed by atoms with van der Waals surface area (Å²) in [4.78, 5) is 15.7. The number of ether oxygens (including phenoxy) is 2. The second kappa shape index (κ2) is 12.3. The molecule has 7 nitrogen and oxygen atoms in total. The molecule has 0 bridgehead atoms. The van der Waals surface area contributed by atoms with E-state index >= 15 is 0 Å². The molecule has 1 aliphatic carbocycles. The number of carboxylic acid groups (broad SMARTS) is 1. The fraction of sp³-hybridized carbons (Fsp3) is 0.538. The van der Waals surface area contributed by atoms with Crippen LogP contribution in [0, 0.1) is 24.2 Å². The molecule has 1 aliphatic rings. The van der Waals surface area contributed by atoms with Crippen LogP contribution in [0.5, 0.6) is 17.2 Å². The molecule has 0 amide bonds. The molecular formula is C26H35ClFNO6. The summed E-state index contributed by atoms with van der Waals surface area (Å²) in [6, 6.07) is 0. The van der Waals surface area contributed by atoms with Gasteiger partial charge >= 0.3 is 5.97 Å². The number of phenolic OH excluding ortho intramolecular Hbond substituents is 1. The van der Waals surface area contributed by atoms with Gasteiger partial charge in [-0.3, -0.25) is 0 Å². The summed E-state index contributed by atoms with van der Waals surface area (Å²) in [7, 11) is 1.43. The Labute approximate surface area is 211 Å². The van der Waals surface area contributed by atoms with E-state index in [-0.39, 0.29) is 40.0 Å².